The molecule has 0 aliphatic rings. The zero-order chi connectivity index (χ0) is 17.2. The van der Waals surface area contributed by atoms with Crippen molar-refractivity contribution >= 4 is 12.0 Å². The van der Waals surface area contributed by atoms with Crippen molar-refractivity contribution in [2.75, 3.05) is 26.2 Å². The summed E-state index contributed by atoms with van der Waals surface area (Å²) in [4.78, 5) is 23.0. The standard InChI is InChI=1S/C16H33N3O3/c1-7-18-14(20)8-9-17-10-13(12(2)3)11-19-15(21)22-16(4,5)6/h12-13,17H,7-11H2,1-6H3,(H,18,20)(H,19,21). The van der Waals surface area contributed by atoms with E-state index in [0.717, 1.165) is 6.54 Å². The minimum atomic E-state index is -0.484. The second-order valence-corrected chi connectivity index (χ2v) is 6.79. The molecule has 0 aromatic rings. The van der Waals surface area contributed by atoms with E-state index in [2.05, 4.69) is 29.8 Å². The van der Waals surface area contributed by atoms with Gasteiger partial charge in [-0.15, -0.1) is 0 Å². The summed E-state index contributed by atoms with van der Waals surface area (Å²) in [5.41, 5.74) is -0.484. The molecule has 3 N–H and O–H groups in total. The second-order valence-electron chi connectivity index (χ2n) is 6.79. The quantitative estimate of drug-likeness (QED) is 0.568. The van der Waals surface area contributed by atoms with Gasteiger partial charge in [-0.3, -0.25) is 4.79 Å². The Morgan fingerprint density at radius 2 is 1.73 bits per heavy atom. The van der Waals surface area contributed by atoms with E-state index in [4.69, 9.17) is 4.74 Å². The lowest BCUT2D eigenvalue weighted by atomic mass is 9.96. The molecule has 1 unspecified atom stereocenters. The second kappa shape index (κ2) is 10.4. The molecule has 0 saturated heterocycles. The SMILES string of the molecule is CCNC(=O)CCNCC(CNC(=O)OC(C)(C)C)C(C)C. The molecule has 6 heteroatoms. The highest BCUT2D eigenvalue weighted by Crippen LogP contribution is 2.10. The van der Waals surface area contributed by atoms with E-state index < -0.39 is 5.60 Å². The lowest BCUT2D eigenvalue weighted by Crippen LogP contribution is -2.40. The molecule has 0 heterocycles. The number of hydrogen-bond donors (Lipinski definition) is 3. The highest BCUT2D eigenvalue weighted by molar-refractivity contribution is 5.75. The van der Waals surface area contributed by atoms with Crippen molar-refractivity contribution in [3.63, 3.8) is 0 Å². The molecule has 0 aliphatic heterocycles. The van der Waals surface area contributed by atoms with Gasteiger partial charge >= 0.3 is 6.09 Å². The molecule has 0 fully saturated rings. The molecule has 0 rings (SSSR count). The van der Waals surface area contributed by atoms with Crippen LogP contribution in [0.5, 0.6) is 0 Å². The summed E-state index contributed by atoms with van der Waals surface area (Å²) in [6.07, 6.45) is 0.0819. The highest BCUT2D eigenvalue weighted by atomic mass is 16.6. The van der Waals surface area contributed by atoms with Crippen LogP contribution in [0.4, 0.5) is 4.79 Å². The topological polar surface area (TPSA) is 79.5 Å². The van der Waals surface area contributed by atoms with Gasteiger partial charge in [0.2, 0.25) is 5.91 Å². The van der Waals surface area contributed by atoms with Crippen LogP contribution >= 0.6 is 0 Å². The van der Waals surface area contributed by atoms with E-state index in [9.17, 15) is 9.59 Å². The lowest BCUT2D eigenvalue weighted by Gasteiger charge is -2.24. The molecule has 2 amide bonds. The van der Waals surface area contributed by atoms with Crippen molar-refractivity contribution in [3.8, 4) is 0 Å². The zero-order valence-electron chi connectivity index (χ0n) is 14.9. The Kier molecular flexibility index (Phi) is 9.81. The molecule has 0 aliphatic carbocycles. The number of carbonyl (C=O) groups excluding carboxylic acids is 2. The first-order valence-electron chi connectivity index (χ1n) is 8.10. The van der Waals surface area contributed by atoms with E-state index in [-0.39, 0.29) is 12.0 Å². The maximum atomic E-state index is 11.7. The fourth-order valence-corrected chi connectivity index (χ4v) is 1.85. The molecule has 6 nitrogen and oxygen atoms in total. The number of rotatable bonds is 9. The number of amides is 2. The van der Waals surface area contributed by atoms with E-state index in [1.807, 2.05) is 27.7 Å². The molecule has 22 heavy (non-hydrogen) atoms. The van der Waals surface area contributed by atoms with Gasteiger partial charge in [0, 0.05) is 26.1 Å². The molecular formula is C16H33N3O3. The summed E-state index contributed by atoms with van der Waals surface area (Å²) >= 11 is 0. The fourth-order valence-electron chi connectivity index (χ4n) is 1.85. The van der Waals surface area contributed by atoms with Gasteiger partial charge in [0.25, 0.3) is 0 Å². The van der Waals surface area contributed by atoms with Crippen molar-refractivity contribution in [1.29, 1.82) is 0 Å². The van der Waals surface area contributed by atoms with E-state index in [1.165, 1.54) is 0 Å². The van der Waals surface area contributed by atoms with Gasteiger partial charge in [-0.1, -0.05) is 13.8 Å². The minimum Gasteiger partial charge on any atom is -0.444 e. The first-order valence-corrected chi connectivity index (χ1v) is 8.10. The highest BCUT2D eigenvalue weighted by Gasteiger charge is 2.18. The van der Waals surface area contributed by atoms with Crippen LogP contribution in [0.3, 0.4) is 0 Å². The monoisotopic (exact) mass is 315 g/mol. The molecule has 0 spiro atoms. The third kappa shape index (κ3) is 11.4. The van der Waals surface area contributed by atoms with Gasteiger partial charge in [-0.05, 0) is 46.1 Å². The number of carbonyl (C=O) groups is 2. The summed E-state index contributed by atoms with van der Waals surface area (Å²) in [5, 5.41) is 8.85. The van der Waals surface area contributed by atoms with Crippen LogP contribution in [0.1, 0.15) is 48.0 Å². The van der Waals surface area contributed by atoms with E-state index >= 15 is 0 Å². The first-order chi connectivity index (χ1) is 10.2. The van der Waals surface area contributed by atoms with Crippen LogP contribution < -0.4 is 16.0 Å². The predicted octanol–water partition coefficient (Wildman–Crippen LogP) is 1.90. The van der Waals surface area contributed by atoms with Crippen molar-refractivity contribution in [2.45, 2.75) is 53.6 Å². The minimum absolute atomic E-state index is 0.0583. The molecule has 0 aromatic carbocycles. The molecule has 1 atom stereocenters. The Morgan fingerprint density at radius 3 is 2.23 bits per heavy atom. The Labute approximate surface area is 134 Å². The summed E-state index contributed by atoms with van der Waals surface area (Å²) in [7, 11) is 0. The van der Waals surface area contributed by atoms with Crippen molar-refractivity contribution in [1.82, 2.24) is 16.0 Å². The van der Waals surface area contributed by atoms with Crippen LogP contribution in [-0.2, 0) is 9.53 Å². The summed E-state index contributed by atoms with van der Waals surface area (Å²) in [6, 6.07) is 0. The van der Waals surface area contributed by atoms with Crippen LogP contribution in [0.15, 0.2) is 0 Å². The molecular weight excluding hydrogens is 282 g/mol. The molecule has 0 saturated carbocycles. The van der Waals surface area contributed by atoms with Gasteiger partial charge < -0.3 is 20.7 Å². The van der Waals surface area contributed by atoms with Crippen LogP contribution in [0, 0.1) is 11.8 Å². The third-order valence-corrected chi connectivity index (χ3v) is 3.16. The molecule has 0 radical (unpaired) electrons. The average Bonchev–Trinajstić information content (AvgIpc) is 2.35. The maximum Gasteiger partial charge on any atom is 0.407 e. The van der Waals surface area contributed by atoms with Crippen molar-refractivity contribution < 1.29 is 14.3 Å². The van der Waals surface area contributed by atoms with Gasteiger partial charge in [0.1, 0.15) is 5.60 Å². The Bertz CT molecular complexity index is 338. The van der Waals surface area contributed by atoms with Gasteiger partial charge in [-0.25, -0.2) is 4.79 Å². The molecule has 0 aromatic heterocycles. The summed E-state index contributed by atoms with van der Waals surface area (Å²) in [5.74, 6) is 0.775. The third-order valence-electron chi connectivity index (χ3n) is 3.16. The summed E-state index contributed by atoms with van der Waals surface area (Å²) < 4.78 is 5.23. The van der Waals surface area contributed by atoms with Gasteiger partial charge in [-0.2, -0.15) is 0 Å². The van der Waals surface area contributed by atoms with Crippen molar-refractivity contribution in [3.05, 3.63) is 0 Å². The zero-order valence-corrected chi connectivity index (χ0v) is 14.9. The normalized spacial score (nSPS) is 12.9. The predicted molar refractivity (Wildman–Crippen MR) is 88.7 cm³/mol. The van der Waals surface area contributed by atoms with Gasteiger partial charge in [0.15, 0.2) is 0 Å². The first kappa shape index (κ1) is 20.7. The smallest absolute Gasteiger partial charge is 0.407 e. The largest absolute Gasteiger partial charge is 0.444 e. The van der Waals surface area contributed by atoms with Crippen LogP contribution in [0.2, 0.25) is 0 Å². The molecule has 0 bridgehead atoms. The Hall–Kier alpha value is -1.30. The Morgan fingerprint density at radius 1 is 1.09 bits per heavy atom. The fraction of sp³-hybridized carbons (Fsp3) is 0.875. The maximum absolute atomic E-state index is 11.7. The average molecular weight is 315 g/mol. The van der Waals surface area contributed by atoms with E-state index in [1.54, 1.807) is 0 Å². The Balaban J connectivity index is 4.02. The number of alkyl carbamates (subject to hydrolysis) is 1. The lowest BCUT2D eigenvalue weighted by molar-refractivity contribution is -0.120. The number of nitrogens with one attached hydrogen (secondary N) is 3. The van der Waals surface area contributed by atoms with E-state index in [0.29, 0.717) is 37.9 Å². The van der Waals surface area contributed by atoms with Crippen LogP contribution in [0.25, 0.3) is 0 Å². The van der Waals surface area contributed by atoms with Crippen molar-refractivity contribution in [2.24, 2.45) is 11.8 Å². The number of hydrogen-bond acceptors (Lipinski definition) is 4. The molecule has 130 valence electrons. The summed E-state index contributed by atoms with van der Waals surface area (Å²) in [6.45, 7) is 14.3. The van der Waals surface area contributed by atoms with Crippen LogP contribution in [-0.4, -0.2) is 43.8 Å². The van der Waals surface area contributed by atoms with Gasteiger partial charge in [0.05, 0.1) is 0 Å². The number of ether oxygens (including phenoxy) is 1.